The van der Waals surface area contributed by atoms with Crippen LogP contribution in [0.25, 0.3) is 0 Å². The first-order valence-electron chi connectivity index (χ1n) is 5.58. The maximum Gasteiger partial charge on any atom is 0.119 e. The summed E-state index contributed by atoms with van der Waals surface area (Å²) in [6.07, 6.45) is 1.78. The van der Waals surface area contributed by atoms with Crippen molar-refractivity contribution in [3.63, 3.8) is 0 Å². The molecule has 90 valence electrons. The standard InChI is InChI=1S/C13H15NO2S/c1-2-16-11-5-3-4-10(8-11)12(15)9-13-14-6-7-17-13/h3-8,12,15H,2,9H2,1H3. The SMILES string of the molecule is CCOc1cccc(C(O)Cc2nccs2)c1. The third-order valence-corrected chi connectivity index (χ3v) is 3.21. The Morgan fingerprint density at radius 3 is 3.06 bits per heavy atom. The fourth-order valence-electron chi connectivity index (χ4n) is 1.62. The van der Waals surface area contributed by atoms with Crippen molar-refractivity contribution in [2.75, 3.05) is 6.61 Å². The van der Waals surface area contributed by atoms with Gasteiger partial charge in [-0.15, -0.1) is 11.3 Å². The van der Waals surface area contributed by atoms with E-state index >= 15 is 0 Å². The molecule has 1 N–H and O–H groups in total. The van der Waals surface area contributed by atoms with Crippen molar-refractivity contribution >= 4 is 11.3 Å². The highest BCUT2D eigenvalue weighted by Gasteiger charge is 2.10. The first-order chi connectivity index (χ1) is 8.29. The molecule has 0 bridgehead atoms. The second-order valence-corrected chi connectivity index (χ2v) is 4.63. The fraction of sp³-hybridized carbons (Fsp3) is 0.308. The third-order valence-electron chi connectivity index (χ3n) is 2.41. The number of thiazole rings is 1. The minimum absolute atomic E-state index is 0.526. The largest absolute Gasteiger partial charge is 0.494 e. The van der Waals surface area contributed by atoms with Gasteiger partial charge < -0.3 is 9.84 Å². The van der Waals surface area contributed by atoms with E-state index in [2.05, 4.69) is 4.98 Å². The van der Waals surface area contributed by atoms with Crippen LogP contribution < -0.4 is 4.74 Å². The summed E-state index contributed by atoms with van der Waals surface area (Å²) in [7, 11) is 0. The molecular formula is C13H15NO2S. The average Bonchev–Trinajstić information content (AvgIpc) is 2.83. The van der Waals surface area contributed by atoms with Gasteiger partial charge in [0.25, 0.3) is 0 Å². The second-order valence-electron chi connectivity index (χ2n) is 3.65. The molecule has 0 radical (unpaired) electrons. The van der Waals surface area contributed by atoms with Crippen LogP contribution >= 0.6 is 11.3 Å². The number of nitrogens with zero attached hydrogens (tertiary/aromatic N) is 1. The molecule has 1 atom stereocenters. The lowest BCUT2D eigenvalue weighted by Crippen LogP contribution is -2.02. The summed E-state index contributed by atoms with van der Waals surface area (Å²) in [5, 5.41) is 13.0. The summed E-state index contributed by atoms with van der Waals surface area (Å²) in [4.78, 5) is 4.17. The summed E-state index contributed by atoms with van der Waals surface area (Å²) in [6.45, 7) is 2.57. The Labute approximate surface area is 105 Å². The van der Waals surface area contributed by atoms with Crippen molar-refractivity contribution in [1.82, 2.24) is 4.98 Å². The van der Waals surface area contributed by atoms with E-state index in [4.69, 9.17) is 4.74 Å². The normalized spacial score (nSPS) is 12.4. The van der Waals surface area contributed by atoms with E-state index in [0.717, 1.165) is 16.3 Å². The van der Waals surface area contributed by atoms with Gasteiger partial charge in [-0.3, -0.25) is 0 Å². The van der Waals surface area contributed by atoms with Gasteiger partial charge in [0.15, 0.2) is 0 Å². The summed E-state index contributed by atoms with van der Waals surface area (Å²) in [5.41, 5.74) is 0.867. The quantitative estimate of drug-likeness (QED) is 0.886. The van der Waals surface area contributed by atoms with E-state index in [0.29, 0.717) is 13.0 Å². The Kier molecular flexibility index (Phi) is 4.12. The maximum absolute atomic E-state index is 10.1. The lowest BCUT2D eigenvalue weighted by atomic mass is 10.1. The number of aliphatic hydroxyl groups is 1. The third kappa shape index (κ3) is 3.28. The topological polar surface area (TPSA) is 42.4 Å². The predicted molar refractivity (Wildman–Crippen MR) is 68.4 cm³/mol. The smallest absolute Gasteiger partial charge is 0.119 e. The van der Waals surface area contributed by atoms with E-state index in [1.165, 1.54) is 0 Å². The predicted octanol–water partition coefficient (Wildman–Crippen LogP) is 2.82. The van der Waals surface area contributed by atoms with Crippen LogP contribution in [0.1, 0.15) is 23.6 Å². The molecule has 2 rings (SSSR count). The molecule has 4 heteroatoms. The molecule has 2 aromatic rings. The zero-order valence-electron chi connectivity index (χ0n) is 9.67. The molecule has 0 saturated carbocycles. The van der Waals surface area contributed by atoms with Gasteiger partial charge >= 0.3 is 0 Å². The van der Waals surface area contributed by atoms with Crippen LogP contribution in [0.5, 0.6) is 5.75 Å². The number of aromatic nitrogens is 1. The van der Waals surface area contributed by atoms with E-state index in [1.54, 1.807) is 17.5 Å². The molecule has 0 fully saturated rings. The van der Waals surface area contributed by atoms with Crippen molar-refractivity contribution in [3.05, 3.63) is 46.4 Å². The maximum atomic E-state index is 10.1. The van der Waals surface area contributed by atoms with E-state index < -0.39 is 6.10 Å². The minimum atomic E-state index is -0.526. The minimum Gasteiger partial charge on any atom is -0.494 e. The molecule has 0 aliphatic carbocycles. The number of ether oxygens (including phenoxy) is 1. The Balaban J connectivity index is 2.07. The van der Waals surface area contributed by atoms with Crippen LogP contribution in [0.15, 0.2) is 35.8 Å². The fourth-order valence-corrected chi connectivity index (χ4v) is 2.27. The molecule has 0 amide bonds. The van der Waals surface area contributed by atoms with Gasteiger partial charge in [-0.25, -0.2) is 4.98 Å². The Morgan fingerprint density at radius 2 is 2.35 bits per heavy atom. The molecule has 0 aliphatic heterocycles. The number of aliphatic hydroxyl groups excluding tert-OH is 1. The van der Waals surface area contributed by atoms with Gasteiger partial charge in [-0.1, -0.05) is 12.1 Å². The molecular weight excluding hydrogens is 234 g/mol. The van der Waals surface area contributed by atoms with Gasteiger partial charge in [0.05, 0.1) is 17.7 Å². The molecule has 1 unspecified atom stereocenters. The first kappa shape index (κ1) is 12.1. The van der Waals surface area contributed by atoms with Gasteiger partial charge in [-0.2, -0.15) is 0 Å². The summed E-state index contributed by atoms with van der Waals surface area (Å²) in [5.74, 6) is 0.795. The molecule has 0 spiro atoms. The van der Waals surface area contributed by atoms with Gasteiger partial charge in [-0.05, 0) is 24.6 Å². The van der Waals surface area contributed by atoms with Crippen molar-refractivity contribution in [3.8, 4) is 5.75 Å². The average molecular weight is 249 g/mol. The zero-order chi connectivity index (χ0) is 12.1. The van der Waals surface area contributed by atoms with Gasteiger partial charge in [0.2, 0.25) is 0 Å². The Bertz CT molecular complexity index is 456. The highest BCUT2D eigenvalue weighted by molar-refractivity contribution is 7.09. The van der Waals surface area contributed by atoms with E-state index in [1.807, 2.05) is 36.6 Å². The number of benzene rings is 1. The van der Waals surface area contributed by atoms with Crippen LogP contribution in [0.4, 0.5) is 0 Å². The van der Waals surface area contributed by atoms with Crippen LogP contribution in [0.2, 0.25) is 0 Å². The van der Waals surface area contributed by atoms with E-state index in [9.17, 15) is 5.11 Å². The van der Waals surface area contributed by atoms with Crippen molar-refractivity contribution in [2.45, 2.75) is 19.4 Å². The van der Waals surface area contributed by atoms with Crippen molar-refractivity contribution in [1.29, 1.82) is 0 Å². The molecule has 1 aromatic heterocycles. The molecule has 3 nitrogen and oxygen atoms in total. The Hall–Kier alpha value is -1.39. The van der Waals surface area contributed by atoms with Crippen LogP contribution in [-0.4, -0.2) is 16.7 Å². The Morgan fingerprint density at radius 1 is 1.47 bits per heavy atom. The van der Waals surface area contributed by atoms with Gasteiger partial charge in [0.1, 0.15) is 5.75 Å². The lowest BCUT2D eigenvalue weighted by Gasteiger charge is -2.11. The summed E-state index contributed by atoms with van der Waals surface area (Å²) < 4.78 is 5.41. The van der Waals surface area contributed by atoms with Crippen LogP contribution in [-0.2, 0) is 6.42 Å². The number of hydrogen-bond acceptors (Lipinski definition) is 4. The van der Waals surface area contributed by atoms with Crippen LogP contribution in [0.3, 0.4) is 0 Å². The second kappa shape index (κ2) is 5.80. The number of hydrogen-bond donors (Lipinski definition) is 1. The molecule has 1 heterocycles. The zero-order valence-corrected chi connectivity index (χ0v) is 10.5. The van der Waals surface area contributed by atoms with Gasteiger partial charge in [0, 0.05) is 18.0 Å². The lowest BCUT2D eigenvalue weighted by molar-refractivity contribution is 0.177. The monoisotopic (exact) mass is 249 g/mol. The summed E-state index contributed by atoms with van der Waals surface area (Å²) in [6, 6.07) is 7.57. The van der Waals surface area contributed by atoms with Crippen molar-refractivity contribution < 1.29 is 9.84 Å². The summed E-state index contributed by atoms with van der Waals surface area (Å²) >= 11 is 1.56. The van der Waals surface area contributed by atoms with Crippen LogP contribution in [0, 0.1) is 0 Å². The molecule has 17 heavy (non-hydrogen) atoms. The highest BCUT2D eigenvalue weighted by Crippen LogP contribution is 2.23. The molecule has 1 aromatic carbocycles. The van der Waals surface area contributed by atoms with E-state index in [-0.39, 0.29) is 0 Å². The first-order valence-corrected chi connectivity index (χ1v) is 6.46. The molecule has 0 saturated heterocycles. The van der Waals surface area contributed by atoms with Crippen molar-refractivity contribution in [2.24, 2.45) is 0 Å². The highest BCUT2D eigenvalue weighted by atomic mass is 32.1. The molecule has 0 aliphatic rings. The number of rotatable bonds is 5.